The van der Waals surface area contributed by atoms with Crippen molar-refractivity contribution in [2.75, 3.05) is 9.80 Å². The third-order valence-corrected chi connectivity index (χ3v) is 14.6. The number of para-hydroxylation sites is 2. The molecule has 7 aromatic carbocycles. The van der Waals surface area contributed by atoms with Gasteiger partial charge in [0.2, 0.25) is 0 Å². The molecule has 7 heteroatoms. The van der Waals surface area contributed by atoms with Crippen LogP contribution in [0.4, 0.5) is 34.1 Å². The average Bonchev–Trinajstić information content (AvgIpc) is 3.13. The minimum absolute atomic E-state index is 0.0984. The van der Waals surface area contributed by atoms with Gasteiger partial charge in [-0.1, -0.05) is 108 Å². The maximum absolute atomic E-state index is 2.56. The van der Waals surface area contributed by atoms with Gasteiger partial charge in [0.1, 0.15) is 0 Å². The molecule has 4 aliphatic heterocycles. The highest BCUT2D eigenvalue weighted by molar-refractivity contribution is 8.03. The number of aryl methyl sites for hydroxylation is 1. The number of benzene rings is 7. The zero-order chi connectivity index (χ0) is 32.9. The largest absolute Gasteiger partial charge is 0.310 e. The van der Waals surface area contributed by atoms with E-state index < -0.39 is 0 Å². The first-order chi connectivity index (χ1) is 24.7. The van der Waals surface area contributed by atoms with Crippen molar-refractivity contribution in [1.29, 1.82) is 0 Å². The van der Waals surface area contributed by atoms with E-state index in [4.69, 9.17) is 0 Å². The fourth-order valence-corrected chi connectivity index (χ4v) is 12.1. The fraction of sp³-hybridized carbons (Fsp3) is 0.0233. The number of nitrogens with zero attached hydrogens (tertiary/aromatic N) is 2. The predicted molar refractivity (Wildman–Crippen MR) is 215 cm³/mol. The van der Waals surface area contributed by atoms with Crippen LogP contribution in [0.2, 0.25) is 0 Å². The Hall–Kier alpha value is -4.40. The Kier molecular flexibility index (Phi) is 6.64. The van der Waals surface area contributed by atoms with Gasteiger partial charge < -0.3 is 9.80 Å². The summed E-state index contributed by atoms with van der Waals surface area (Å²) >= 11 is 7.47. The van der Waals surface area contributed by atoms with E-state index in [2.05, 4.69) is 162 Å². The molecule has 0 saturated heterocycles. The van der Waals surface area contributed by atoms with Crippen molar-refractivity contribution >= 4 is 104 Å². The molecule has 0 aromatic heterocycles. The molecule has 7 aromatic rings. The highest BCUT2D eigenvalue weighted by Gasteiger charge is 2.44. The van der Waals surface area contributed by atoms with Crippen LogP contribution in [-0.4, -0.2) is 6.71 Å². The van der Waals surface area contributed by atoms with Crippen LogP contribution in [0.3, 0.4) is 0 Å². The van der Waals surface area contributed by atoms with Crippen molar-refractivity contribution < 1.29 is 0 Å². The van der Waals surface area contributed by atoms with Gasteiger partial charge in [-0.05, 0) is 114 Å². The molecule has 4 bridgehead atoms. The number of hydrogen-bond acceptors (Lipinski definition) is 6. The Labute approximate surface area is 309 Å². The summed E-state index contributed by atoms with van der Waals surface area (Å²) in [4.78, 5) is 15.3. The highest BCUT2D eigenvalue weighted by Crippen LogP contribution is 2.53. The van der Waals surface area contributed by atoms with Crippen molar-refractivity contribution in [3.63, 3.8) is 0 Å². The lowest BCUT2D eigenvalue weighted by Crippen LogP contribution is -2.61. The van der Waals surface area contributed by atoms with Gasteiger partial charge in [-0.15, -0.1) is 0 Å². The standard InChI is InChI=1S/C43H27BN2S4/c1-26-22-35-43-36(23-26)46-32-11-3-5-13-38(32)50-42-17-9-7-15-40(42)48-28-19-21-30(34(46)25-28)44(43)29-20-18-27-24-33(29)45(35)31-10-2-4-12-37(31)49-41-16-8-6-14-39(41)47-27/h2-25H,1H3. The van der Waals surface area contributed by atoms with Crippen LogP contribution in [0.1, 0.15) is 5.56 Å². The van der Waals surface area contributed by atoms with Gasteiger partial charge in [0, 0.05) is 61.9 Å². The quantitative estimate of drug-likeness (QED) is 0.144. The summed E-state index contributed by atoms with van der Waals surface area (Å²) in [5.74, 6) is 0. The first-order valence-corrected chi connectivity index (χ1v) is 20.0. The minimum atomic E-state index is 0.0984. The molecule has 50 heavy (non-hydrogen) atoms. The molecular weight excluding hydrogens is 684 g/mol. The van der Waals surface area contributed by atoms with E-state index in [0.717, 1.165) is 0 Å². The summed E-state index contributed by atoms with van der Waals surface area (Å²) in [6.45, 7) is 2.35. The monoisotopic (exact) mass is 710 g/mol. The SMILES string of the molecule is Cc1cc2c3c(c1)N1c4ccccc4Sc4ccccc4Sc4ccc(c1c4)B3c1ccc3cc1N2c1ccccc1Sc1ccccc1S3. The number of rotatable bonds is 0. The second-order valence-electron chi connectivity index (χ2n) is 13.0. The summed E-state index contributed by atoms with van der Waals surface area (Å²) in [6, 6.07) is 54.7. The van der Waals surface area contributed by atoms with E-state index in [1.165, 1.54) is 95.2 Å². The molecule has 0 spiro atoms. The number of fused-ring (bicyclic) bond motifs is 12. The zero-order valence-corrected chi connectivity index (χ0v) is 30.2. The molecule has 4 aliphatic rings. The normalized spacial score (nSPS) is 14.5. The van der Waals surface area contributed by atoms with E-state index in [1.807, 2.05) is 47.0 Å². The topological polar surface area (TPSA) is 6.48 Å². The van der Waals surface area contributed by atoms with E-state index in [1.54, 1.807) is 0 Å². The second-order valence-corrected chi connectivity index (χ2v) is 17.4. The molecule has 0 saturated carbocycles. The molecule has 0 radical (unpaired) electrons. The maximum Gasteiger partial charge on any atom is 0.252 e. The molecule has 0 aliphatic carbocycles. The first kappa shape index (κ1) is 29.3. The van der Waals surface area contributed by atoms with Crippen LogP contribution in [0, 0.1) is 6.92 Å². The summed E-state index contributed by atoms with van der Waals surface area (Å²) in [5.41, 5.74) is 12.8. The molecule has 0 fully saturated rings. The summed E-state index contributed by atoms with van der Waals surface area (Å²) in [6.07, 6.45) is 0. The van der Waals surface area contributed by atoms with E-state index in [9.17, 15) is 0 Å². The fourth-order valence-electron chi connectivity index (χ4n) is 7.92. The molecule has 11 rings (SSSR count). The lowest BCUT2D eigenvalue weighted by Gasteiger charge is -2.45. The molecule has 0 N–H and O–H groups in total. The Balaban J connectivity index is 1.23. The first-order valence-electron chi connectivity index (χ1n) is 16.8. The van der Waals surface area contributed by atoms with Gasteiger partial charge >= 0.3 is 0 Å². The average molecular weight is 711 g/mol. The third-order valence-electron chi connectivity index (χ3n) is 9.96. The Morgan fingerprint density at radius 1 is 0.380 bits per heavy atom. The van der Waals surface area contributed by atoms with Crippen LogP contribution < -0.4 is 26.2 Å². The lowest BCUT2D eigenvalue weighted by molar-refractivity contribution is 1.17. The van der Waals surface area contributed by atoms with Crippen molar-refractivity contribution in [3.05, 3.63) is 151 Å². The summed E-state index contributed by atoms with van der Waals surface area (Å²) < 4.78 is 0. The van der Waals surface area contributed by atoms with Crippen molar-refractivity contribution in [3.8, 4) is 0 Å². The summed E-state index contributed by atoms with van der Waals surface area (Å²) in [5, 5.41) is 0. The van der Waals surface area contributed by atoms with Gasteiger partial charge in [-0.25, -0.2) is 0 Å². The van der Waals surface area contributed by atoms with Crippen LogP contribution >= 0.6 is 47.0 Å². The molecular formula is C43H27BN2S4. The van der Waals surface area contributed by atoms with Crippen molar-refractivity contribution in [2.24, 2.45) is 0 Å². The lowest BCUT2D eigenvalue weighted by atomic mass is 9.33. The molecule has 4 heterocycles. The highest BCUT2D eigenvalue weighted by atomic mass is 32.2. The van der Waals surface area contributed by atoms with Crippen molar-refractivity contribution in [2.45, 2.75) is 46.1 Å². The van der Waals surface area contributed by atoms with Crippen LogP contribution in [-0.2, 0) is 0 Å². The van der Waals surface area contributed by atoms with Gasteiger partial charge in [0.25, 0.3) is 6.71 Å². The maximum atomic E-state index is 2.56. The molecule has 0 atom stereocenters. The van der Waals surface area contributed by atoms with Gasteiger partial charge in [-0.2, -0.15) is 0 Å². The minimum Gasteiger partial charge on any atom is -0.310 e. The Bertz CT molecular complexity index is 2400. The van der Waals surface area contributed by atoms with E-state index in [-0.39, 0.29) is 6.71 Å². The summed E-state index contributed by atoms with van der Waals surface area (Å²) in [7, 11) is 0. The second kappa shape index (κ2) is 11.3. The van der Waals surface area contributed by atoms with E-state index >= 15 is 0 Å². The van der Waals surface area contributed by atoms with Crippen LogP contribution in [0.25, 0.3) is 0 Å². The zero-order valence-electron chi connectivity index (χ0n) is 27.0. The molecule has 0 amide bonds. The third kappa shape index (κ3) is 4.43. The Morgan fingerprint density at radius 2 is 0.780 bits per heavy atom. The smallest absolute Gasteiger partial charge is 0.252 e. The van der Waals surface area contributed by atoms with Crippen LogP contribution in [0.15, 0.2) is 185 Å². The molecule has 236 valence electrons. The van der Waals surface area contributed by atoms with Crippen molar-refractivity contribution in [1.82, 2.24) is 0 Å². The van der Waals surface area contributed by atoms with Gasteiger partial charge in [0.05, 0.1) is 11.4 Å². The molecule has 0 unspecified atom stereocenters. The number of hydrogen-bond donors (Lipinski definition) is 0. The van der Waals surface area contributed by atoms with Crippen LogP contribution in [0.5, 0.6) is 0 Å². The number of anilines is 6. The molecule has 2 nitrogen and oxygen atoms in total. The van der Waals surface area contributed by atoms with E-state index in [0.29, 0.717) is 0 Å². The predicted octanol–water partition coefficient (Wildman–Crippen LogP) is 11.3. The van der Waals surface area contributed by atoms with Gasteiger partial charge in [-0.3, -0.25) is 0 Å². The Morgan fingerprint density at radius 3 is 1.24 bits per heavy atom. The van der Waals surface area contributed by atoms with Gasteiger partial charge in [0.15, 0.2) is 0 Å².